The largest absolute Gasteiger partial charge is 0.486 e. The smallest absolute Gasteiger partial charge is 0.223 e. The Bertz CT molecular complexity index is 904. The number of amides is 1. The van der Waals surface area contributed by atoms with E-state index < -0.39 is 0 Å². The molecule has 6 heteroatoms. The highest BCUT2D eigenvalue weighted by atomic mass is 35.5. The van der Waals surface area contributed by atoms with Crippen molar-refractivity contribution in [2.75, 3.05) is 0 Å². The van der Waals surface area contributed by atoms with E-state index in [2.05, 4.69) is 15.3 Å². The molecule has 0 aliphatic heterocycles. The van der Waals surface area contributed by atoms with Gasteiger partial charge in [0.2, 0.25) is 5.91 Å². The van der Waals surface area contributed by atoms with Crippen molar-refractivity contribution >= 4 is 28.4 Å². The number of hydrogen-bond donors (Lipinski definition) is 2. The number of hydrogen-bond acceptors (Lipinski definition) is 3. The highest BCUT2D eigenvalue weighted by Gasteiger charge is 2.29. The first kappa shape index (κ1) is 16.0. The third kappa shape index (κ3) is 3.77. The number of halogens is 1. The average molecular weight is 356 g/mol. The van der Waals surface area contributed by atoms with Crippen LogP contribution in [0.15, 0.2) is 42.6 Å². The summed E-state index contributed by atoms with van der Waals surface area (Å²) in [6.45, 7) is 0.850. The van der Waals surface area contributed by atoms with Gasteiger partial charge in [-0.3, -0.25) is 9.78 Å². The number of aromatic amines is 1. The SMILES string of the molecule is O=C(NCc1cc2cc(Cl)c(OCc3ccccn3)cc2[nH]1)C1CC1. The van der Waals surface area contributed by atoms with Crippen LogP contribution in [-0.4, -0.2) is 15.9 Å². The molecule has 1 aliphatic carbocycles. The van der Waals surface area contributed by atoms with E-state index in [9.17, 15) is 4.79 Å². The number of carbonyl (C=O) groups is 1. The molecule has 0 bridgehead atoms. The monoisotopic (exact) mass is 355 g/mol. The Hall–Kier alpha value is -2.53. The molecule has 5 nitrogen and oxygen atoms in total. The summed E-state index contributed by atoms with van der Waals surface area (Å²) in [4.78, 5) is 19.3. The fourth-order valence-corrected chi connectivity index (χ4v) is 2.93. The van der Waals surface area contributed by atoms with Crippen LogP contribution in [0.5, 0.6) is 5.75 Å². The van der Waals surface area contributed by atoms with Gasteiger partial charge in [-0.05, 0) is 37.1 Å². The maximum Gasteiger partial charge on any atom is 0.223 e. The standard InChI is InChI=1S/C19H18ClN3O2/c20-16-8-13-7-15(10-22-19(24)12-4-5-12)23-17(13)9-18(16)25-11-14-3-1-2-6-21-14/h1-3,6-9,12,23H,4-5,10-11H2,(H,22,24). The van der Waals surface area contributed by atoms with Crippen molar-refractivity contribution in [3.05, 3.63) is 59.0 Å². The fraction of sp³-hybridized carbons (Fsp3) is 0.263. The summed E-state index contributed by atoms with van der Waals surface area (Å²) >= 11 is 6.33. The number of ether oxygens (including phenoxy) is 1. The molecule has 0 unspecified atom stereocenters. The highest BCUT2D eigenvalue weighted by molar-refractivity contribution is 6.32. The van der Waals surface area contributed by atoms with E-state index in [1.807, 2.05) is 36.4 Å². The van der Waals surface area contributed by atoms with Gasteiger partial charge in [0, 0.05) is 34.8 Å². The summed E-state index contributed by atoms with van der Waals surface area (Å²) in [5.74, 6) is 0.955. The Morgan fingerprint density at radius 2 is 2.20 bits per heavy atom. The summed E-state index contributed by atoms with van der Waals surface area (Å²) in [5.41, 5.74) is 2.71. The van der Waals surface area contributed by atoms with E-state index in [0.29, 0.717) is 23.9 Å². The Morgan fingerprint density at radius 3 is 2.96 bits per heavy atom. The molecule has 2 N–H and O–H groups in total. The molecule has 0 radical (unpaired) electrons. The van der Waals surface area contributed by atoms with E-state index in [1.54, 1.807) is 6.20 Å². The molecule has 2 heterocycles. The molecule has 2 aromatic heterocycles. The van der Waals surface area contributed by atoms with Crippen molar-refractivity contribution in [2.45, 2.75) is 26.0 Å². The van der Waals surface area contributed by atoms with E-state index in [0.717, 1.165) is 35.1 Å². The number of nitrogens with one attached hydrogen (secondary N) is 2. The Balaban J connectivity index is 1.47. The van der Waals surface area contributed by atoms with Gasteiger partial charge in [0.15, 0.2) is 0 Å². The minimum absolute atomic E-state index is 0.135. The van der Waals surface area contributed by atoms with E-state index in [-0.39, 0.29) is 11.8 Å². The van der Waals surface area contributed by atoms with Crippen LogP contribution in [0.1, 0.15) is 24.2 Å². The first-order valence-electron chi connectivity index (χ1n) is 8.30. The molecule has 0 atom stereocenters. The predicted molar refractivity (Wildman–Crippen MR) is 96.4 cm³/mol. The van der Waals surface area contributed by atoms with Crippen molar-refractivity contribution in [1.29, 1.82) is 0 Å². The molecule has 0 spiro atoms. The summed E-state index contributed by atoms with van der Waals surface area (Å²) in [7, 11) is 0. The summed E-state index contributed by atoms with van der Waals surface area (Å²) in [6, 6.07) is 11.4. The molecule has 128 valence electrons. The molecule has 0 saturated heterocycles. The zero-order chi connectivity index (χ0) is 17.2. The van der Waals surface area contributed by atoms with Crippen LogP contribution in [0, 0.1) is 5.92 Å². The van der Waals surface area contributed by atoms with Crippen LogP contribution in [0.4, 0.5) is 0 Å². The molecule has 1 amide bonds. The van der Waals surface area contributed by atoms with Crippen LogP contribution in [0.25, 0.3) is 10.9 Å². The topological polar surface area (TPSA) is 67.0 Å². The number of benzene rings is 1. The van der Waals surface area contributed by atoms with Crippen LogP contribution in [0.3, 0.4) is 0 Å². The Labute approximate surface area is 150 Å². The van der Waals surface area contributed by atoms with Crippen molar-refractivity contribution in [3.63, 3.8) is 0 Å². The number of aromatic nitrogens is 2. The molecule has 1 fully saturated rings. The molecule has 25 heavy (non-hydrogen) atoms. The number of fused-ring (bicyclic) bond motifs is 1. The van der Waals surface area contributed by atoms with Gasteiger partial charge in [-0.1, -0.05) is 17.7 Å². The van der Waals surface area contributed by atoms with Gasteiger partial charge in [0.05, 0.1) is 17.3 Å². The second kappa shape index (κ2) is 6.76. The normalized spacial score (nSPS) is 13.8. The van der Waals surface area contributed by atoms with Gasteiger partial charge in [-0.2, -0.15) is 0 Å². The fourth-order valence-electron chi connectivity index (χ4n) is 2.71. The number of pyridine rings is 1. The van der Waals surface area contributed by atoms with E-state index >= 15 is 0 Å². The summed E-state index contributed by atoms with van der Waals surface area (Å²) in [5, 5.41) is 4.50. The van der Waals surface area contributed by atoms with Gasteiger partial charge in [0.25, 0.3) is 0 Å². The van der Waals surface area contributed by atoms with E-state index in [4.69, 9.17) is 16.3 Å². The lowest BCUT2D eigenvalue weighted by Crippen LogP contribution is -2.24. The summed E-state index contributed by atoms with van der Waals surface area (Å²) < 4.78 is 5.79. The van der Waals surface area contributed by atoms with Crippen molar-refractivity contribution in [3.8, 4) is 5.75 Å². The first-order valence-corrected chi connectivity index (χ1v) is 8.68. The third-order valence-corrected chi connectivity index (χ3v) is 4.53. The first-order chi connectivity index (χ1) is 12.2. The maximum absolute atomic E-state index is 11.7. The molecular weight excluding hydrogens is 338 g/mol. The Kier molecular flexibility index (Phi) is 4.32. The van der Waals surface area contributed by atoms with Gasteiger partial charge in [-0.25, -0.2) is 0 Å². The average Bonchev–Trinajstić information content (AvgIpc) is 3.40. The Morgan fingerprint density at radius 1 is 1.32 bits per heavy atom. The van der Waals surface area contributed by atoms with Crippen LogP contribution >= 0.6 is 11.6 Å². The van der Waals surface area contributed by atoms with Gasteiger partial charge in [-0.15, -0.1) is 0 Å². The maximum atomic E-state index is 11.7. The zero-order valence-corrected chi connectivity index (χ0v) is 14.3. The van der Waals surface area contributed by atoms with Crippen molar-refractivity contribution in [2.24, 2.45) is 5.92 Å². The molecule has 1 aliphatic rings. The van der Waals surface area contributed by atoms with Crippen LogP contribution < -0.4 is 10.1 Å². The predicted octanol–water partition coefficient (Wildman–Crippen LogP) is 3.82. The number of carbonyl (C=O) groups excluding carboxylic acids is 1. The minimum atomic E-state index is 0.135. The second-order valence-corrected chi connectivity index (χ2v) is 6.67. The van der Waals surface area contributed by atoms with Crippen LogP contribution in [-0.2, 0) is 17.9 Å². The third-order valence-electron chi connectivity index (χ3n) is 4.23. The minimum Gasteiger partial charge on any atom is -0.486 e. The van der Waals surface area contributed by atoms with Crippen molar-refractivity contribution in [1.82, 2.24) is 15.3 Å². The number of H-pyrrole nitrogens is 1. The van der Waals surface area contributed by atoms with Crippen molar-refractivity contribution < 1.29 is 9.53 Å². The lowest BCUT2D eigenvalue weighted by molar-refractivity contribution is -0.122. The van der Waals surface area contributed by atoms with Crippen LogP contribution in [0.2, 0.25) is 5.02 Å². The molecule has 1 aromatic carbocycles. The molecule has 4 rings (SSSR count). The summed E-state index contributed by atoms with van der Waals surface area (Å²) in [6.07, 6.45) is 3.74. The van der Waals surface area contributed by atoms with Gasteiger partial charge >= 0.3 is 0 Å². The molecule has 1 saturated carbocycles. The number of nitrogens with zero attached hydrogens (tertiary/aromatic N) is 1. The van der Waals surface area contributed by atoms with Gasteiger partial charge < -0.3 is 15.0 Å². The second-order valence-electron chi connectivity index (χ2n) is 6.27. The van der Waals surface area contributed by atoms with E-state index in [1.165, 1.54) is 0 Å². The lowest BCUT2D eigenvalue weighted by Gasteiger charge is -2.07. The quantitative estimate of drug-likeness (QED) is 0.706. The lowest BCUT2D eigenvalue weighted by atomic mass is 10.2. The zero-order valence-electron chi connectivity index (χ0n) is 13.6. The molecular formula is C19H18ClN3O2. The highest BCUT2D eigenvalue weighted by Crippen LogP contribution is 2.31. The number of rotatable bonds is 6. The molecule has 3 aromatic rings. The van der Waals surface area contributed by atoms with Gasteiger partial charge in [0.1, 0.15) is 12.4 Å².